The molecule has 232 valence electrons. The van der Waals surface area contributed by atoms with Crippen LogP contribution < -0.4 is 0 Å². The first-order chi connectivity index (χ1) is 19.8. The number of imide groups is 1. The second-order valence-corrected chi connectivity index (χ2v) is 10.2. The lowest BCUT2D eigenvalue weighted by Crippen LogP contribution is -2.55. The van der Waals surface area contributed by atoms with Crippen molar-refractivity contribution in [2.75, 3.05) is 19.6 Å². The molecule has 43 heavy (non-hydrogen) atoms. The first-order valence-electron chi connectivity index (χ1n) is 12.3. The Balaban J connectivity index is 1.70. The van der Waals surface area contributed by atoms with E-state index in [1.54, 1.807) is 6.92 Å². The van der Waals surface area contributed by atoms with Crippen LogP contribution in [0.15, 0.2) is 41.6 Å². The number of halogens is 10. The smallest absolute Gasteiger partial charge is 0.374 e. The standard InChI is InChI=1S/C26H19ClF9N3O4/c1-2-5-39-20(40)11-38(12-21(39)41)22(42)17-4-3-13(6-18(17)25(31,32)33)19-10-23(43-37-19,26(34,35)36)14-7-15(24(28,29)30)9-16(27)8-14/h3-4,6-9H,2,5,10-12H2,1H3. The Bertz CT molecular complexity index is 1490. The van der Waals surface area contributed by atoms with Gasteiger partial charge in [-0.15, -0.1) is 0 Å². The van der Waals surface area contributed by atoms with Crippen LogP contribution in [0.1, 0.15) is 52.4 Å². The molecule has 1 fully saturated rings. The van der Waals surface area contributed by atoms with E-state index in [1.165, 1.54) is 0 Å². The highest BCUT2D eigenvalue weighted by Crippen LogP contribution is 2.50. The molecule has 1 unspecified atom stereocenters. The van der Waals surface area contributed by atoms with Gasteiger partial charge in [-0.2, -0.15) is 39.5 Å². The molecule has 7 nitrogen and oxygen atoms in total. The average molecular weight is 644 g/mol. The van der Waals surface area contributed by atoms with Crippen LogP contribution in [0.25, 0.3) is 0 Å². The molecule has 0 radical (unpaired) electrons. The van der Waals surface area contributed by atoms with Gasteiger partial charge in [-0.25, -0.2) is 0 Å². The van der Waals surface area contributed by atoms with Gasteiger partial charge in [-0.05, 0) is 36.8 Å². The first-order valence-corrected chi connectivity index (χ1v) is 12.7. The lowest BCUT2D eigenvalue weighted by Gasteiger charge is -2.33. The number of hydrogen-bond donors (Lipinski definition) is 0. The Morgan fingerprint density at radius 3 is 2.12 bits per heavy atom. The van der Waals surface area contributed by atoms with Crippen molar-refractivity contribution in [1.29, 1.82) is 0 Å². The summed E-state index contributed by atoms with van der Waals surface area (Å²) in [7, 11) is 0. The molecule has 2 aromatic rings. The highest BCUT2D eigenvalue weighted by Gasteiger charge is 2.62. The number of amides is 3. The van der Waals surface area contributed by atoms with E-state index in [1.807, 2.05) is 0 Å². The molecule has 2 heterocycles. The normalized spacial score (nSPS) is 19.9. The van der Waals surface area contributed by atoms with Crippen molar-refractivity contribution in [3.63, 3.8) is 0 Å². The minimum Gasteiger partial charge on any atom is -0.374 e. The van der Waals surface area contributed by atoms with Crippen molar-refractivity contribution in [3.05, 3.63) is 69.2 Å². The SMILES string of the molecule is CCCN1C(=O)CN(C(=O)c2ccc(C3=NOC(c4cc(Cl)cc(C(F)(F)F)c4)(C(F)(F)F)C3)cc2C(F)(F)F)CC1=O. The molecular weight excluding hydrogens is 625 g/mol. The summed E-state index contributed by atoms with van der Waals surface area (Å²) in [6.45, 7) is 0.372. The Hall–Kier alpha value is -3.82. The van der Waals surface area contributed by atoms with Crippen LogP contribution in [0.4, 0.5) is 39.5 Å². The number of benzene rings is 2. The van der Waals surface area contributed by atoms with Crippen LogP contribution in [0.5, 0.6) is 0 Å². The quantitative estimate of drug-likeness (QED) is 0.288. The van der Waals surface area contributed by atoms with E-state index < -0.39 is 99.9 Å². The molecule has 0 saturated carbocycles. The maximum absolute atomic E-state index is 14.3. The minimum absolute atomic E-state index is 0.0541. The van der Waals surface area contributed by atoms with E-state index in [0.717, 1.165) is 11.0 Å². The summed E-state index contributed by atoms with van der Waals surface area (Å²) in [6.07, 6.45) is -16.7. The molecule has 0 bridgehead atoms. The summed E-state index contributed by atoms with van der Waals surface area (Å²) in [5.74, 6) is -2.93. The summed E-state index contributed by atoms with van der Waals surface area (Å²) in [4.78, 5) is 43.7. The van der Waals surface area contributed by atoms with Gasteiger partial charge < -0.3 is 9.74 Å². The third kappa shape index (κ3) is 6.15. The van der Waals surface area contributed by atoms with Gasteiger partial charge in [0.25, 0.3) is 11.5 Å². The van der Waals surface area contributed by atoms with Crippen molar-refractivity contribution in [3.8, 4) is 0 Å². The number of carbonyl (C=O) groups excluding carboxylic acids is 3. The maximum atomic E-state index is 14.3. The largest absolute Gasteiger partial charge is 0.435 e. The molecule has 2 aromatic carbocycles. The third-order valence-corrected chi connectivity index (χ3v) is 6.97. The first kappa shape index (κ1) is 32.1. The van der Waals surface area contributed by atoms with Crippen LogP contribution in [-0.2, 0) is 32.4 Å². The van der Waals surface area contributed by atoms with Crippen LogP contribution in [0, 0.1) is 0 Å². The molecule has 4 rings (SSSR count). The van der Waals surface area contributed by atoms with Crippen LogP contribution in [0.2, 0.25) is 5.02 Å². The van der Waals surface area contributed by atoms with E-state index in [9.17, 15) is 53.9 Å². The van der Waals surface area contributed by atoms with Gasteiger partial charge in [0.15, 0.2) is 0 Å². The average Bonchev–Trinajstić information content (AvgIpc) is 3.36. The van der Waals surface area contributed by atoms with Gasteiger partial charge in [0.1, 0.15) is 13.1 Å². The van der Waals surface area contributed by atoms with E-state index in [2.05, 4.69) is 9.99 Å². The highest BCUT2D eigenvalue weighted by molar-refractivity contribution is 6.30. The molecule has 1 atom stereocenters. The summed E-state index contributed by atoms with van der Waals surface area (Å²) >= 11 is 5.66. The number of nitrogens with zero attached hydrogens (tertiary/aromatic N) is 3. The molecule has 0 N–H and O–H groups in total. The second kappa shape index (κ2) is 11.0. The molecule has 0 aromatic heterocycles. The Labute approximate surface area is 241 Å². The van der Waals surface area contributed by atoms with Gasteiger partial charge in [-0.3, -0.25) is 19.3 Å². The molecule has 3 amide bonds. The summed E-state index contributed by atoms with van der Waals surface area (Å²) in [6, 6.07) is 2.94. The summed E-state index contributed by atoms with van der Waals surface area (Å²) < 4.78 is 125. The second-order valence-electron chi connectivity index (χ2n) is 9.72. The number of alkyl halides is 9. The van der Waals surface area contributed by atoms with Crippen LogP contribution >= 0.6 is 11.6 Å². The molecule has 1 saturated heterocycles. The number of hydrogen-bond acceptors (Lipinski definition) is 5. The number of rotatable bonds is 5. The molecule has 0 spiro atoms. The predicted octanol–water partition coefficient (Wildman–Crippen LogP) is 6.18. The third-order valence-electron chi connectivity index (χ3n) is 6.75. The van der Waals surface area contributed by atoms with E-state index in [0.29, 0.717) is 35.6 Å². The molecule has 0 aliphatic carbocycles. The zero-order valence-corrected chi connectivity index (χ0v) is 22.5. The van der Waals surface area contributed by atoms with Gasteiger partial charge >= 0.3 is 18.5 Å². The topological polar surface area (TPSA) is 79.3 Å². The lowest BCUT2D eigenvalue weighted by atomic mass is 9.85. The fraction of sp³-hybridized carbons (Fsp3) is 0.385. The lowest BCUT2D eigenvalue weighted by molar-refractivity contribution is -0.276. The molecule has 2 aliphatic heterocycles. The number of oxime groups is 1. The molecule has 2 aliphatic rings. The monoisotopic (exact) mass is 643 g/mol. The van der Waals surface area contributed by atoms with Crippen molar-refractivity contribution in [1.82, 2.24) is 9.80 Å². The highest BCUT2D eigenvalue weighted by atomic mass is 35.5. The van der Waals surface area contributed by atoms with Crippen molar-refractivity contribution in [2.45, 2.75) is 43.9 Å². The minimum atomic E-state index is -5.41. The zero-order chi connectivity index (χ0) is 32.1. The number of carbonyl (C=O) groups is 3. The van der Waals surface area contributed by atoms with E-state index in [4.69, 9.17) is 11.6 Å². The Morgan fingerprint density at radius 2 is 1.58 bits per heavy atom. The van der Waals surface area contributed by atoms with Gasteiger partial charge in [-0.1, -0.05) is 29.7 Å². The van der Waals surface area contributed by atoms with E-state index in [-0.39, 0.29) is 12.6 Å². The van der Waals surface area contributed by atoms with Gasteiger partial charge in [0.2, 0.25) is 11.8 Å². The van der Waals surface area contributed by atoms with Gasteiger partial charge in [0, 0.05) is 29.1 Å². The van der Waals surface area contributed by atoms with Crippen molar-refractivity contribution in [2.24, 2.45) is 5.16 Å². The Morgan fingerprint density at radius 1 is 0.953 bits per heavy atom. The van der Waals surface area contributed by atoms with E-state index >= 15 is 0 Å². The summed E-state index contributed by atoms with van der Waals surface area (Å²) in [5.41, 5.74) is -10.0. The van der Waals surface area contributed by atoms with Crippen molar-refractivity contribution >= 4 is 35.0 Å². The van der Waals surface area contributed by atoms with Gasteiger partial charge in [0.05, 0.1) is 22.4 Å². The molecule has 17 heteroatoms. The molecular formula is C26H19ClF9N3O4. The predicted molar refractivity (Wildman–Crippen MR) is 131 cm³/mol. The number of piperazine rings is 1. The fourth-order valence-electron chi connectivity index (χ4n) is 4.67. The summed E-state index contributed by atoms with van der Waals surface area (Å²) in [5, 5.41) is 2.56. The Kier molecular flexibility index (Phi) is 8.23. The fourth-order valence-corrected chi connectivity index (χ4v) is 4.90. The van der Waals surface area contributed by atoms with Crippen LogP contribution in [-0.4, -0.2) is 59.0 Å². The zero-order valence-electron chi connectivity index (χ0n) is 21.8. The van der Waals surface area contributed by atoms with Crippen LogP contribution in [0.3, 0.4) is 0 Å². The van der Waals surface area contributed by atoms with Crippen molar-refractivity contribution < 1.29 is 58.7 Å². The maximum Gasteiger partial charge on any atom is 0.435 e.